The summed E-state index contributed by atoms with van der Waals surface area (Å²) >= 11 is 7.58. The van der Waals surface area contributed by atoms with E-state index in [0.29, 0.717) is 48.8 Å². The molecule has 0 bridgehead atoms. The molecule has 0 amide bonds. The highest BCUT2D eigenvalue weighted by molar-refractivity contribution is 9.11. The van der Waals surface area contributed by atoms with Crippen molar-refractivity contribution in [3.05, 3.63) is 138 Å². The summed E-state index contributed by atoms with van der Waals surface area (Å²) < 4.78 is 25.4. The van der Waals surface area contributed by atoms with Crippen LogP contribution in [0.15, 0.2) is 113 Å². The molecule has 2 aliphatic heterocycles. The maximum atomic E-state index is 13.0. The Kier molecular flexibility index (Phi) is 24.4. The lowest BCUT2D eigenvalue weighted by Crippen LogP contribution is -3.00. The van der Waals surface area contributed by atoms with Crippen molar-refractivity contribution in [1.82, 2.24) is 0 Å². The molecule has 0 spiro atoms. The second-order valence-corrected chi connectivity index (χ2v) is 17.9. The van der Waals surface area contributed by atoms with Gasteiger partial charge in [-0.1, -0.05) is 36.4 Å². The quantitative estimate of drug-likeness (QED) is 0.0811. The molecule has 2 heterocycles. The lowest BCUT2D eigenvalue weighted by molar-refractivity contribution is -0.001000. The average Bonchev–Trinajstić information content (AvgIpc) is 3.35. The first kappa shape index (κ1) is 62.3. The highest BCUT2D eigenvalue weighted by Gasteiger charge is 2.28. The second kappa shape index (κ2) is 28.6. The van der Waals surface area contributed by atoms with Crippen LogP contribution in [0.2, 0.25) is 0 Å². The average molecular weight is 1270 g/mol. The maximum Gasteiger partial charge on any atom is 0.338 e. The number of fused-ring (bicyclic) bond motifs is 4. The third kappa shape index (κ3) is 13.1. The number of nitrogens with zero attached hydrogens (tertiary/aromatic N) is 2. The molecular weight excluding hydrogens is 1210 g/mol. The number of hydrogen-bond acceptors (Lipinski definition) is 11. The summed E-state index contributed by atoms with van der Waals surface area (Å²) in [5.41, 5.74) is 14.2. The highest BCUT2D eigenvalue weighted by Crippen LogP contribution is 2.48. The van der Waals surface area contributed by atoms with Crippen LogP contribution in [0.3, 0.4) is 0 Å². The van der Waals surface area contributed by atoms with Gasteiger partial charge in [-0.25, -0.2) is 9.59 Å². The molecule has 3 N–H and O–H groups in total. The van der Waals surface area contributed by atoms with Crippen LogP contribution in [0.5, 0.6) is 0 Å². The van der Waals surface area contributed by atoms with Gasteiger partial charge in [0, 0.05) is 84.1 Å². The minimum atomic E-state index is -0.348. The van der Waals surface area contributed by atoms with Gasteiger partial charge in [0.15, 0.2) is 11.3 Å². The van der Waals surface area contributed by atoms with Gasteiger partial charge in [0.1, 0.15) is 11.3 Å². The zero-order valence-corrected chi connectivity index (χ0v) is 50.3. The summed E-state index contributed by atoms with van der Waals surface area (Å²) in [6.45, 7) is 23.6. The molecule has 0 fully saturated rings. The lowest BCUT2D eigenvalue weighted by Gasteiger charge is -2.21. The first-order chi connectivity index (χ1) is 33.8. The van der Waals surface area contributed by atoms with E-state index in [-0.39, 0.29) is 58.3 Å². The van der Waals surface area contributed by atoms with Gasteiger partial charge in [0.05, 0.1) is 49.7 Å². The predicted octanol–water partition coefficient (Wildman–Crippen LogP) is 8.42. The van der Waals surface area contributed by atoms with Crippen molar-refractivity contribution in [2.75, 3.05) is 57.1 Å². The van der Waals surface area contributed by atoms with Crippen LogP contribution in [-0.4, -0.2) is 63.5 Å². The van der Waals surface area contributed by atoms with Crippen LogP contribution >= 0.6 is 48.8 Å². The molecule has 73 heavy (non-hydrogen) atoms. The molecule has 11 nitrogen and oxygen atoms in total. The molecule has 0 aromatic heterocycles. The number of hydrogen-bond donors (Lipinski definition) is 3. The Morgan fingerprint density at radius 2 is 1.15 bits per heavy atom. The number of aliphatic hydroxyl groups is 1. The summed E-state index contributed by atoms with van der Waals surface area (Å²) in [6, 6.07) is 27.7. The van der Waals surface area contributed by atoms with Gasteiger partial charge < -0.3 is 63.4 Å². The monoisotopic (exact) mass is 1270 g/mol. The third-order valence-corrected chi connectivity index (χ3v) is 13.2. The van der Waals surface area contributed by atoms with E-state index < -0.39 is 0 Å². The van der Waals surface area contributed by atoms with Crippen molar-refractivity contribution in [2.45, 2.75) is 69.2 Å². The molecule has 0 radical (unpaired) electrons. The zero-order chi connectivity index (χ0) is 50.8. The van der Waals surface area contributed by atoms with E-state index in [2.05, 4.69) is 111 Å². The Balaban J connectivity index is 0.000000359. The Hall–Kier alpha value is -5.03. The largest absolute Gasteiger partial charge is 1.00 e. The van der Waals surface area contributed by atoms with Gasteiger partial charge in [0.25, 0.3) is 0 Å². The molecule has 4 aromatic carbocycles. The van der Waals surface area contributed by atoms with E-state index in [0.717, 1.165) is 129 Å². The Labute approximate surface area is 472 Å². The number of benzene rings is 6. The number of aryl methyl sites for hydroxylation is 4. The molecule has 390 valence electrons. The fourth-order valence-electron chi connectivity index (χ4n) is 8.74. The first-order valence-corrected chi connectivity index (χ1v) is 25.3. The van der Waals surface area contributed by atoms with Crippen LogP contribution in [0.25, 0.3) is 66.8 Å². The minimum Gasteiger partial charge on any atom is -1.00 e. The van der Waals surface area contributed by atoms with E-state index in [1.807, 2.05) is 95.3 Å². The van der Waals surface area contributed by atoms with Gasteiger partial charge in [-0.2, -0.15) is 0 Å². The number of nitrogens with one attached hydrogen (secondary N) is 2. The number of ether oxygens (including phenoxy) is 2. The van der Waals surface area contributed by atoms with E-state index in [9.17, 15) is 9.59 Å². The van der Waals surface area contributed by atoms with E-state index >= 15 is 0 Å². The van der Waals surface area contributed by atoms with Gasteiger partial charge in [0.2, 0.25) is 0 Å². The van der Waals surface area contributed by atoms with Crippen molar-refractivity contribution in [3.8, 4) is 44.9 Å². The fourth-order valence-corrected chi connectivity index (χ4v) is 10.2. The van der Waals surface area contributed by atoms with Gasteiger partial charge in [-0.05, 0) is 171 Å². The topological polar surface area (TPSA) is 148 Å². The molecule has 0 saturated heterocycles. The molecule has 16 heteroatoms. The maximum absolute atomic E-state index is 13.0. The van der Waals surface area contributed by atoms with E-state index in [1.165, 1.54) is 0 Å². The first-order valence-electron chi connectivity index (χ1n) is 23.7. The smallest absolute Gasteiger partial charge is 0.338 e. The number of carbonyl (C=O) groups is 2. The Bertz CT molecular complexity index is 3300. The molecule has 8 rings (SSSR count). The number of halogens is 5. The fraction of sp³-hybridized carbons (Fsp3) is 0.298. The number of rotatable bonds is 12. The van der Waals surface area contributed by atoms with Crippen molar-refractivity contribution in [2.24, 2.45) is 9.98 Å². The van der Waals surface area contributed by atoms with Crippen LogP contribution in [0, 0.1) is 27.7 Å². The van der Waals surface area contributed by atoms with Crippen LogP contribution in [-0.2, 0) is 9.47 Å². The summed E-state index contributed by atoms with van der Waals surface area (Å²) in [5.74, 6) is 0.736. The summed E-state index contributed by atoms with van der Waals surface area (Å²) in [6.07, 6.45) is 0. The van der Waals surface area contributed by atoms with Crippen molar-refractivity contribution >= 4 is 94.1 Å². The summed E-state index contributed by atoms with van der Waals surface area (Å²) in [7, 11) is 1.00. The van der Waals surface area contributed by atoms with Crippen molar-refractivity contribution < 1.29 is 62.4 Å². The van der Waals surface area contributed by atoms with Crippen LogP contribution < -0.4 is 50.7 Å². The van der Waals surface area contributed by atoms with Crippen molar-refractivity contribution in [3.63, 3.8) is 0 Å². The molecule has 4 aromatic rings. The third-order valence-electron chi connectivity index (χ3n) is 11.7. The summed E-state index contributed by atoms with van der Waals surface area (Å²) in [4.78, 5) is 35.1. The number of esters is 2. The van der Waals surface area contributed by atoms with E-state index in [4.69, 9.17) is 23.4 Å². The Morgan fingerprint density at radius 3 is 1.70 bits per heavy atom. The minimum absolute atomic E-state index is 0. The standard InChI is InChI=1S/C28H28Br2N2O3.C28H30N2O3.CH4O.2BrH.ClH/c1-6-31-24-15(4)13-19-21(17-11-9-10-12-18(17)28(33)34-8-3)20-14-16(5)25(32-7-2)23(30)27(20)35-26(19)22(24)29;1-6-29-23-15-25-21(13-17(23)4)27(19-11-9-10-12-20(19)28(31)32-8-3)22-14-18(5)24(30-7-2)16-26(22)33-25;1-2;;;/h9-14,31H,6-8H2,1-5H3;9-16,29H,6-8H2,1-5H3;2H,1H3;3*1H/p-2. The Morgan fingerprint density at radius 1 is 0.616 bits per heavy atom. The molecule has 4 aliphatic rings. The predicted molar refractivity (Wildman–Crippen MR) is 302 cm³/mol. The second-order valence-electron chi connectivity index (χ2n) is 16.3. The number of aliphatic hydroxyl groups excluding tert-OH is 1. The van der Waals surface area contributed by atoms with Gasteiger partial charge in [-0.3, -0.25) is 9.98 Å². The van der Waals surface area contributed by atoms with Gasteiger partial charge >= 0.3 is 11.9 Å². The molecule has 0 unspecified atom stereocenters. The van der Waals surface area contributed by atoms with Crippen LogP contribution in [0.1, 0.15) is 84.5 Å². The molecule has 0 atom stereocenters. The van der Waals surface area contributed by atoms with E-state index in [1.54, 1.807) is 0 Å². The van der Waals surface area contributed by atoms with Crippen LogP contribution in [0.4, 0.5) is 11.4 Å². The molecule has 0 saturated carbocycles. The lowest BCUT2D eigenvalue weighted by atomic mass is 9.89. The molecular formula is C57H63Br4ClN4O7-2. The summed E-state index contributed by atoms with van der Waals surface area (Å²) in [5, 5.41) is 17.5. The SMILES string of the molecule is Br.CCN=c1c(C)cc2c(-c3ccccc3C(=O)OCC)c3cc(C)c(NCC)c(Br)c3oc-2c1Br.CCN=c1cc2oc3cc(NCC)c(C)cc3c(-c3ccccc3C(=O)OCC)c-2cc1C.CO.[Br-].[Cl-]. The highest BCUT2D eigenvalue weighted by atomic mass is 79.9. The zero-order valence-electron chi connectivity index (χ0n) is 43.0. The number of carbonyl (C=O) groups excluding carboxylic acids is 2. The molecule has 2 aliphatic carbocycles. The normalized spacial score (nSPS) is 11.2. The van der Waals surface area contributed by atoms with Crippen molar-refractivity contribution in [1.29, 1.82) is 0 Å². The van der Waals surface area contributed by atoms with Gasteiger partial charge in [-0.15, -0.1) is 17.0 Å². The number of anilines is 2.